The third-order valence-corrected chi connectivity index (χ3v) is 7.63. The van der Waals surface area contributed by atoms with Crippen molar-refractivity contribution < 1.29 is 0 Å². The fourth-order valence-corrected chi connectivity index (χ4v) is 5.37. The molecule has 0 atom stereocenters. The van der Waals surface area contributed by atoms with Crippen LogP contribution in [-0.4, -0.2) is 5.71 Å². The average Bonchev–Trinajstić information content (AvgIpc) is 3.11. The van der Waals surface area contributed by atoms with Gasteiger partial charge in [0, 0.05) is 5.71 Å². The highest BCUT2D eigenvalue weighted by molar-refractivity contribution is 6.02. The van der Waals surface area contributed by atoms with Crippen molar-refractivity contribution in [3.8, 4) is 0 Å². The molecular weight excluding hydrogens is 458 g/mol. The minimum atomic E-state index is 1.00. The van der Waals surface area contributed by atoms with Crippen LogP contribution in [0.4, 0.5) is 0 Å². The highest BCUT2D eigenvalue weighted by Gasteiger charge is 2.15. The standard InChI is InChI=1S/C37H53N/c1-14-19-20-21-25(6)22-26(7)33(15-2)34(16-3)27(8)23-28(9)35(17-4)36(18-5)29(10)24-37-31(12)30(11)32(13)38-37/h14,19-24H,6,15-18H2,1-5,7-13H3/b19-14-,21-20-,26-22+,27-23+,34-33-,35-28+,36-29+,37-24-. The van der Waals surface area contributed by atoms with Crippen molar-refractivity contribution in [2.75, 3.05) is 0 Å². The first-order valence-electron chi connectivity index (χ1n) is 14.4. The molecule has 206 valence electrons. The minimum absolute atomic E-state index is 1.00. The molecule has 0 spiro atoms. The summed E-state index contributed by atoms with van der Waals surface area (Å²) >= 11 is 0. The Morgan fingerprint density at radius 1 is 0.684 bits per heavy atom. The Morgan fingerprint density at radius 3 is 1.63 bits per heavy atom. The van der Waals surface area contributed by atoms with Gasteiger partial charge in [-0.3, -0.25) is 4.99 Å². The van der Waals surface area contributed by atoms with Crippen LogP contribution in [0.15, 0.2) is 121 Å². The Hall–Kier alpha value is -2.93. The van der Waals surface area contributed by atoms with E-state index in [0.717, 1.165) is 42.7 Å². The van der Waals surface area contributed by atoms with E-state index in [-0.39, 0.29) is 0 Å². The maximum atomic E-state index is 4.82. The maximum absolute atomic E-state index is 4.82. The predicted molar refractivity (Wildman–Crippen MR) is 174 cm³/mol. The molecule has 1 heteroatoms. The highest BCUT2D eigenvalue weighted by Crippen LogP contribution is 2.32. The van der Waals surface area contributed by atoms with E-state index < -0.39 is 0 Å². The van der Waals surface area contributed by atoms with Gasteiger partial charge in [-0.1, -0.05) is 70.7 Å². The van der Waals surface area contributed by atoms with Crippen molar-refractivity contribution in [2.24, 2.45) is 4.99 Å². The van der Waals surface area contributed by atoms with Gasteiger partial charge in [-0.15, -0.1) is 0 Å². The molecule has 1 rings (SSSR count). The Balaban J connectivity index is 3.60. The molecule has 1 nitrogen and oxygen atoms in total. The summed E-state index contributed by atoms with van der Waals surface area (Å²) in [5.74, 6) is 0. The maximum Gasteiger partial charge on any atom is 0.0668 e. The highest BCUT2D eigenvalue weighted by atomic mass is 14.8. The first-order chi connectivity index (χ1) is 18.0. The molecule has 0 fully saturated rings. The Labute approximate surface area is 235 Å². The molecule has 0 aromatic carbocycles. The normalized spacial score (nSPS) is 18.4. The van der Waals surface area contributed by atoms with Crippen molar-refractivity contribution in [2.45, 2.75) is 109 Å². The van der Waals surface area contributed by atoms with E-state index in [1.54, 1.807) is 0 Å². The van der Waals surface area contributed by atoms with Crippen LogP contribution in [0.25, 0.3) is 0 Å². The fraction of sp³-hybridized carbons (Fsp3) is 0.432. The van der Waals surface area contributed by atoms with Gasteiger partial charge in [0.15, 0.2) is 0 Å². The third kappa shape index (κ3) is 8.83. The Morgan fingerprint density at radius 2 is 1.18 bits per heavy atom. The SMILES string of the molecule is C=C(/C=C\C=C/C)/C=C(C)/C(CC)=C(CC)\C(C)=C\C(C)=C(CC)\C(CC)=C(C)\C=C1/N=C(C)C(C)=C1C. The summed E-state index contributed by atoms with van der Waals surface area (Å²) in [5, 5.41) is 0. The van der Waals surface area contributed by atoms with Crippen molar-refractivity contribution in [3.63, 3.8) is 0 Å². The number of hydrogen-bond acceptors (Lipinski definition) is 1. The van der Waals surface area contributed by atoms with Gasteiger partial charge in [-0.05, 0) is 148 Å². The van der Waals surface area contributed by atoms with Crippen LogP contribution in [-0.2, 0) is 0 Å². The first-order valence-corrected chi connectivity index (χ1v) is 14.4. The van der Waals surface area contributed by atoms with Gasteiger partial charge in [0.2, 0.25) is 0 Å². The van der Waals surface area contributed by atoms with Gasteiger partial charge >= 0.3 is 0 Å². The van der Waals surface area contributed by atoms with Gasteiger partial charge in [-0.2, -0.15) is 0 Å². The van der Waals surface area contributed by atoms with Crippen LogP contribution in [0.5, 0.6) is 0 Å². The summed E-state index contributed by atoms with van der Waals surface area (Å²) in [6, 6.07) is 0. The second-order valence-corrected chi connectivity index (χ2v) is 10.3. The molecule has 0 unspecified atom stereocenters. The van der Waals surface area contributed by atoms with Crippen molar-refractivity contribution in [1.82, 2.24) is 0 Å². The largest absolute Gasteiger partial charge is 0.253 e. The lowest BCUT2D eigenvalue weighted by atomic mass is 9.88. The summed E-state index contributed by atoms with van der Waals surface area (Å²) in [7, 11) is 0. The van der Waals surface area contributed by atoms with E-state index in [1.807, 2.05) is 25.2 Å². The summed E-state index contributed by atoms with van der Waals surface area (Å²) in [6.07, 6.45) is 19.1. The van der Waals surface area contributed by atoms with Gasteiger partial charge in [0.05, 0.1) is 5.70 Å². The molecular formula is C37H53N. The Kier molecular flexibility index (Phi) is 14.0. The van der Waals surface area contributed by atoms with Gasteiger partial charge in [-0.25, -0.2) is 0 Å². The molecule has 0 N–H and O–H groups in total. The summed E-state index contributed by atoms with van der Waals surface area (Å²) in [6.45, 7) is 30.8. The van der Waals surface area contributed by atoms with Crippen molar-refractivity contribution in [1.29, 1.82) is 0 Å². The molecule has 1 aliphatic heterocycles. The minimum Gasteiger partial charge on any atom is -0.253 e. The van der Waals surface area contributed by atoms with Gasteiger partial charge in [0.1, 0.15) is 0 Å². The quantitative estimate of drug-likeness (QED) is 0.231. The second kappa shape index (κ2) is 16.1. The summed E-state index contributed by atoms with van der Waals surface area (Å²) < 4.78 is 0. The van der Waals surface area contributed by atoms with E-state index in [1.165, 1.54) is 55.7 Å². The van der Waals surface area contributed by atoms with Crippen LogP contribution in [0.3, 0.4) is 0 Å². The topological polar surface area (TPSA) is 12.4 Å². The van der Waals surface area contributed by atoms with Crippen LogP contribution < -0.4 is 0 Å². The molecule has 0 radical (unpaired) electrons. The van der Waals surface area contributed by atoms with Crippen molar-refractivity contribution in [3.05, 3.63) is 116 Å². The first kappa shape index (κ1) is 33.1. The molecule has 0 amide bonds. The number of aliphatic imine (C=N–C) groups is 1. The van der Waals surface area contributed by atoms with Crippen LogP contribution >= 0.6 is 0 Å². The molecule has 1 heterocycles. The zero-order valence-electron chi connectivity index (χ0n) is 26.5. The zero-order chi connectivity index (χ0) is 29.0. The van der Waals surface area contributed by atoms with Crippen molar-refractivity contribution >= 4 is 5.71 Å². The summed E-state index contributed by atoms with van der Waals surface area (Å²) in [5.41, 5.74) is 16.9. The van der Waals surface area contributed by atoms with E-state index in [2.05, 4.69) is 107 Å². The van der Waals surface area contributed by atoms with E-state index >= 15 is 0 Å². The molecule has 0 aliphatic carbocycles. The van der Waals surface area contributed by atoms with Crippen LogP contribution in [0.2, 0.25) is 0 Å². The number of rotatable bonds is 12. The number of allylic oxidation sites excluding steroid dienone is 18. The molecule has 0 aromatic heterocycles. The monoisotopic (exact) mass is 511 g/mol. The molecule has 1 aliphatic rings. The zero-order valence-corrected chi connectivity index (χ0v) is 26.5. The molecule has 0 saturated heterocycles. The van der Waals surface area contributed by atoms with E-state index in [4.69, 9.17) is 4.99 Å². The average molecular weight is 512 g/mol. The molecule has 38 heavy (non-hydrogen) atoms. The Bertz CT molecular complexity index is 1200. The lowest BCUT2D eigenvalue weighted by Crippen LogP contribution is -1.98. The summed E-state index contributed by atoms with van der Waals surface area (Å²) in [4.78, 5) is 4.82. The van der Waals surface area contributed by atoms with Gasteiger partial charge in [0.25, 0.3) is 0 Å². The molecule has 0 bridgehead atoms. The molecule has 0 aromatic rings. The van der Waals surface area contributed by atoms with Crippen LogP contribution in [0, 0.1) is 0 Å². The predicted octanol–water partition coefficient (Wildman–Crippen LogP) is 11.8. The van der Waals surface area contributed by atoms with E-state index in [9.17, 15) is 0 Å². The molecule has 0 saturated carbocycles. The van der Waals surface area contributed by atoms with Crippen LogP contribution in [0.1, 0.15) is 109 Å². The third-order valence-electron chi connectivity index (χ3n) is 7.63. The number of nitrogens with zero attached hydrogens (tertiary/aromatic N) is 1. The van der Waals surface area contributed by atoms with E-state index in [0.29, 0.717) is 0 Å². The lowest BCUT2D eigenvalue weighted by molar-refractivity contribution is 0.980. The second-order valence-electron chi connectivity index (χ2n) is 10.3. The fourth-order valence-electron chi connectivity index (χ4n) is 5.37. The van der Waals surface area contributed by atoms with Gasteiger partial charge < -0.3 is 0 Å². The lowest BCUT2D eigenvalue weighted by Gasteiger charge is -2.18. The number of hydrogen-bond donors (Lipinski definition) is 0. The smallest absolute Gasteiger partial charge is 0.0668 e.